The molecule has 0 saturated heterocycles. The molecule has 2 heteroatoms. The monoisotopic (exact) mass is 159 g/mol. The summed E-state index contributed by atoms with van der Waals surface area (Å²) in [6.45, 7) is 5.52. The fourth-order valence-corrected chi connectivity index (χ4v) is 0.990. The second-order valence-corrected chi connectivity index (χ2v) is 2.94. The quantitative estimate of drug-likeness (QED) is 0.547. The van der Waals surface area contributed by atoms with Crippen molar-refractivity contribution in [1.82, 2.24) is 0 Å². The molecule has 0 amide bonds. The van der Waals surface area contributed by atoms with E-state index in [1.54, 1.807) is 18.2 Å². The first kappa shape index (κ1) is 8.48. The molecule has 12 heavy (non-hydrogen) atoms. The van der Waals surface area contributed by atoms with Crippen LogP contribution in [0.25, 0.3) is 0 Å². The van der Waals surface area contributed by atoms with E-state index in [4.69, 9.17) is 5.26 Å². The lowest BCUT2D eigenvalue weighted by atomic mass is 9.83. The van der Waals surface area contributed by atoms with Gasteiger partial charge < -0.3 is 0 Å². The number of rotatable bonds is 1. The first-order chi connectivity index (χ1) is 5.61. The minimum atomic E-state index is -0.348. The molecule has 0 bridgehead atoms. The molecule has 0 aromatic carbocycles. The number of hydrogen-bond donors (Lipinski definition) is 0. The molecule has 0 saturated carbocycles. The predicted molar refractivity (Wildman–Crippen MR) is 46.1 cm³/mol. The molecular formula is C10H9NO. The Kier molecular flexibility index (Phi) is 1.97. The van der Waals surface area contributed by atoms with Gasteiger partial charge in [-0.25, -0.2) is 0 Å². The van der Waals surface area contributed by atoms with Crippen LogP contribution in [0.4, 0.5) is 0 Å². The summed E-state index contributed by atoms with van der Waals surface area (Å²) >= 11 is 0. The van der Waals surface area contributed by atoms with Crippen molar-refractivity contribution in [3.63, 3.8) is 0 Å². The normalized spacial score (nSPS) is 27.7. The van der Waals surface area contributed by atoms with Crippen LogP contribution in [0.3, 0.4) is 0 Å². The van der Waals surface area contributed by atoms with Crippen molar-refractivity contribution in [2.45, 2.75) is 6.92 Å². The van der Waals surface area contributed by atoms with Crippen molar-refractivity contribution >= 4 is 5.78 Å². The van der Waals surface area contributed by atoms with Gasteiger partial charge in [-0.3, -0.25) is 4.79 Å². The lowest BCUT2D eigenvalue weighted by Crippen LogP contribution is -2.14. The third kappa shape index (κ3) is 1.35. The van der Waals surface area contributed by atoms with E-state index in [-0.39, 0.29) is 16.8 Å². The Morgan fingerprint density at radius 3 is 2.92 bits per heavy atom. The van der Waals surface area contributed by atoms with E-state index in [9.17, 15) is 4.79 Å². The van der Waals surface area contributed by atoms with E-state index in [0.29, 0.717) is 0 Å². The Hall–Kier alpha value is -1.62. The average molecular weight is 159 g/mol. The highest BCUT2D eigenvalue weighted by Gasteiger charge is 2.21. The van der Waals surface area contributed by atoms with Crippen LogP contribution in [0.5, 0.6) is 0 Å². The molecule has 0 radical (unpaired) electrons. The molecule has 0 heterocycles. The number of nitriles is 1. The predicted octanol–water partition coefficient (Wildman–Crippen LogP) is 1.77. The number of ketones is 1. The molecule has 0 aromatic rings. The molecular weight excluding hydrogens is 150 g/mol. The highest BCUT2D eigenvalue weighted by atomic mass is 16.1. The number of carbonyl (C=O) groups excluding carboxylic acids is 1. The molecule has 60 valence electrons. The van der Waals surface area contributed by atoms with E-state index >= 15 is 0 Å². The zero-order chi connectivity index (χ0) is 9.19. The minimum Gasteiger partial charge on any atom is -0.289 e. The zero-order valence-electron chi connectivity index (χ0n) is 6.87. The lowest BCUT2D eigenvalue weighted by Gasteiger charge is -2.19. The van der Waals surface area contributed by atoms with Gasteiger partial charge in [0.2, 0.25) is 0 Å². The second-order valence-electron chi connectivity index (χ2n) is 2.94. The van der Waals surface area contributed by atoms with Crippen LogP contribution in [-0.4, -0.2) is 5.78 Å². The molecule has 0 N–H and O–H groups in total. The van der Waals surface area contributed by atoms with E-state index in [0.717, 1.165) is 0 Å². The maximum atomic E-state index is 11.0. The van der Waals surface area contributed by atoms with Crippen molar-refractivity contribution in [1.29, 1.82) is 5.26 Å². The SMILES string of the molecule is C=CC1(C)C=CC(=O)C(C#N)=C1. The smallest absolute Gasteiger partial charge is 0.195 e. The van der Waals surface area contributed by atoms with Crippen LogP contribution >= 0.6 is 0 Å². The number of hydrogen-bond acceptors (Lipinski definition) is 2. The van der Waals surface area contributed by atoms with Gasteiger partial charge in [0.15, 0.2) is 5.78 Å². The standard InChI is InChI=1S/C10H9NO/c1-3-10(2)5-4-9(12)8(6-10)7-11/h3-6H,1H2,2H3. The summed E-state index contributed by atoms with van der Waals surface area (Å²) in [4.78, 5) is 11.0. The molecule has 2 nitrogen and oxygen atoms in total. The maximum absolute atomic E-state index is 11.0. The topological polar surface area (TPSA) is 40.9 Å². The summed E-state index contributed by atoms with van der Waals surface area (Å²) in [5.41, 5.74) is -0.154. The van der Waals surface area contributed by atoms with Crippen molar-refractivity contribution in [2.24, 2.45) is 5.41 Å². The van der Waals surface area contributed by atoms with Crippen LogP contribution in [-0.2, 0) is 4.79 Å². The Morgan fingerprint density at radius 1 is 1.75 bits per heavy atom. The van der Waals surface area contributed by atoms with Gasteiger partial charge in [0.25, 0.3) is 0 Å². The van der Waals surface area contributed by atoms with Gasteiger partial charge in [-0.15, -0.1) is 6.58 Å². The van der Waals surface area contributed by atoms with E-state index in [1.807, 2.05) is 13.0 Å². The van der Waals surface area contributed by atoms with Crippen LogP contribution in [0.2, 0.25) is 0 Å². The summed E-state index contributed by atoms with van der Waals surface area (Å²) < 4.78 is 0. The minimum absolute atomic E-state index is 0.194. The Bertz CT molecular complexity index is 330. The lowest BCUT2D eigenvalue weighted by molar-refractivity contribution is -0.111. The largest absolute Gasteiger partial charge is 0.289 e. The molecule has 1 rings (SSSR count). The second kappa shape index (κ2) is 2.78. The maximum Gasteiger partial charge on any atom is 0.195 e. The molecule has 0 aliphatic heterocycles. The van der Waals surface area contributed by atoms with Crippen molar-refractivity contribution in [2.75, 3.05) is 0 Å². The Balaban J connectivity index is 3.12. The molecule has 0 fully saturated rings. The van der Waals surface area contributed by atoms with Crippen LogP contribution < -0.4 is 0 Å². The fraction of sp³-hybridized carbons (Fsp3) is 0.200. The van der Waals surface area contributed by atoms with Gasteiger partial charge in [-0.05, 0) is 19.1 Å². The fourth-order valence-electron chi connectivity index (χ4n) is 0.990. The third-order valence-corrected chi connectivity index (χ3v) is 1.87. The molecule has 1 unspecified atom stereocenters. The first-order valence-electron chi connectivity index (χ1n) is 3.61. The Morgan fingerprint density at radius 2 is 2.42 bits per heavy atom. The number of nitrogens with zero attached hydrogens (tertiary/aromatic N) is 1. The van der Waals surface area contributed by atoms with Gasteiger partial charge in [0.05, 0.1) is 5.57 Å². The highest BCUT2D eigenvalue weighted by Crippen LogP contribution is 2.27. The van der Waals surface area contributed by atoms with Gasteiger partial charge in [-0.2, -0.15) is 5.26 Å². The molecule has 1 aliphatic carbocycles. The zero-order valence-corrected chi connectivity index (χ0v) is 6.87. The van der Waals surface area contributed by atoms with Crippen LogP contribution in [0.15, 0.2) is 36.5 Å². The number of carbonyl (C=O) groups is 1. The average Bonchev–Trinajstić information content (AvgIpc) is 2.10. The van der Waals surface area contributed by atoms with E-state index in [2.05, 4.69) is 6.58 Å². The van der Waals surface area contributed by atoms with E-state index in [1.165, 1.54) is 6.08 Å². The summed E-state index contributed by atoms with van der Waals surface area (Å²) in [6.07, 6.45) is 6.49. The highest BCUT2D eigenvalue weighted by molar-refractivity contribution is 6.08. The van der Waals surface area contributed by atoms with Gasteiger partial charge >= 0.3 is 0 Å². The third-order valence-electron chi connectivity index (χ3n) is 1.87. The van der Waals surface area contributed by atoms with Crippen molar-refractivity contribution < 1.29 is 4.79 Å². The summed E-state index contributed by atoms with van der Waals surface area (Å²) in [6, 6.07) is 1.86. The first-order valence-corrected chi connectivity index (χ1v) is 3.61. The van der Waals surface area contributed by atoms with Gasteiger partial charge in [-0.1, -0.05) is 12.2 Å². The van der Waals surface area contributed by atoms with Crippen molar-refractivity contribution in [3.05, 3.63) is 36.5 Å². The van der Waals surface area contributed by atoms with E-state index < -0.39 is 0 Å². The van der Waals surface area contributed by atoms with Crippen molar-refractivity contribution in [3.8, 4) is 6.07 Å². The molecule has 1 aliphatic rings. The number of allylic oxidation sites excluding steroid dienone is 5. The Labute approximate surface area is 71.5 Å². The van der Waals surface area contributed by atoms with Crippen LogP contribution in [0.1, 0.15) is 6.92 Å². The van der Waals surface area contributed by atoms with Gasteiger partial charge in [0, 0.05) is 5.41 Å². The summed E-state index contributed by atoms with van der Waals surface area (Å²) in [5, 5.41) is 8.58. The molecule has 0 aromatic heterocycles. The summed E-state index contributed by atoms with van der Waals surface area (Å²) in [7, 11) is 0. The molecule has 1 atom stereocenters. The molecule has 0 spiro atoms. The van der Waals surface area contributed by atoms with Gasteiger partial charge in [0.1, 0.15) is 6.07 Å². The van der Waals surface area contributed by atoms with Crippen LogP contribution in [0, 0.1) is 16.7 Å². The summed E-state index contributed by atoms with van der Waals surface area (Å²) in [5.74, 6) is -0.225.